The molecule has 2 aromatic rings. The lowest BCUT2D eigenvalue weighted by molar-refractivity contribution is 0.585. The Hall–Kier alpha value is -1.10. The van der Waals surface area contributed by atoms with Crippen molar-refractivity contribution >= 4 is 23.4 Å². The monoisotopic (exact) mass is 282 g/mol. The molecule has 1 aromatic carbocycles. The Kier molecular flexibility index (Phi) is 4.22. The van der Waals surface area contributed by atoms with Gasteiger partial charge in [0.15, 0.2) is 0 Å². The zero-order valence-electron chi connectivity index (χ0n) is 9.73. The standard InChI is InChI=1S/C13H12ClFN2S/c1-8(16)12-10(15)5-2-6-11(12)18-13-9(14)4-3-7-17-13/h2-8H,16H2,1H3. The summed E-state index contributed by atoms with van der Waals surface area (Å²) in [6.45, 7) is 1.75. The van der Waals surface area contributed by atoms with E-state index in [1.807, 2.05) is 6.07 Å². The highest BCUT2D eigenvalue weighted by atomic mass is 35.5. The van der Waals surface area contributed by atoms with Crippen molar-refractivity contribution in [1.29, 1.82) is 0 Å². The van der Waals surface area contributed by atoms with Crippen LogP contribution in [0.15, 0.2) is 46.5 Å². The molecule has 1 atom stereocenters. The third-order valence-corrected chi connectivity index (χ3v) is 3.91. The summed E-state index contributed by atoms with van der Waals surface area (Å²) < 4.78 is 13.8. The maximum Gasteiger partial charge on any atom is 0.129 e. The molecular weight excluding hydrogens is 271 g/mol. The summed E-state index contributed by atoms with van der Waals surface area (Å²) in [5, 5.41) is 1.19. The molecule has 1 heterocycles. The van der Waals surface area contributed by atoms with Crippen molar-refractivity contribution in [3.05, 3.63) is 52.9 Å². The van der Waals surface area contributed by atoms with Crippen molar-refractivity contribution in [2.45, 2.75) is 22.9 Å². The van der Waals surface area contributed by atoms with Gasteiger partial charge >= 0.3 is 0 Å². The Morgan fingerprint density at radius 1 is 1.33 bits per heavy atom. The van der Waals surface area contributed by atoms with Crippen molar-refractivity contribution in [2.75, 3.05) is 0 Å². The van der Waals surface area contributed by atoms with Gasteiger partial charge in [0.05, 0.1) is 5.02 Å². The molecule has 5 heteroatoms. The molecule has 0 saturated heterocycles. The number of rotatable bonds is 3. The lowest BCUT2D eigenvalue weighted by atomic mass is 10.1. The van der Waals surface area contributed by atoms with Crippen LogP contribution in [0.4, 0.5) is 4.39 Å². The molecule has 0 fully saturated rings. The maximum absolute atomic E-state index is 13.8. The molecule has 0 spiro atoms. The van der Waals surface area contributed by atoms with Crippen LogP contribution in [0.5, 0.6) is 0 Å². The Morgan fingerprint density at radius 2 is 2.11 bits per heavy atom. The molecule has 0 radical (unpaired) electrons. The summed E-state index contributed by atoms with van der Waals surface area (Å²) in [5.41, 5.74) is 6.29. The molecule has 0 saturated carbocycles. The molecule has 0 bridgehead atoms. The number of aromatic nitrogens is 1. The van der Waals surface area contributed by atoms with Gasteiger partial charge in [0.2, 0.25) is 0 Å². The summed E-state index contributed by atoms with van der Waals surface area (Å²) in [4.78, 5) is 4.91. The highest BCUT2D eigenvalue weighted by molar-refractivity contribution is 7.99. The van der Waals surface area contributed by atoms with Gasteiger partial charge in [-0.05, 0) is 31.2 Å². The van der Waals surface area contributed by atoms with Crippen LogP contribution in [0.1, 0.15) is 18.5 Å². The van der Waals surface area contributed by atoms with E-state index in [9.17, 15) is 4.39 Å². The Balaban J connectivity index is 2.41. The first kappa shape index (κ1) is 13.3. The van der Waals surface area contributed by atoms with Crippen LogP contribution < -0.4 is 5.73 Å². The van der Waals surface area contributed by atoms with Crippen LogP contribution in [0.3, 0.4) is 0 Å². The number of halogens is 2. The van der Waals surface area contributed by atoms with Gasteiger partial charge < -0.3 is 5.73 Å². The van der Waals surface area contributed by atoms with Gasteiger partial charge in [-0.15, -0.1) is 0 Å². The lowest BCUT2D eigenvalue weighted by Gasteiger charge is -2.13. The fourth-order valence-electron chi connectivity index (χ4n) is 1.60. The molecule has 0 amide bonds. The van der Waals surface area contributed by atoms with Crippen molar-refractivity contribution < 1.29 is 4.39 Å². The molecule has 0 aliphatic heterocycles. The van der Waals surface area contributed by atoms with Crippen molar-refractivity contribution in [2.24, 2.45) is 5.73 Å². The van der Waals surface area contributed by atoms with E-state index in [1.165, 1.54) is 17.8 Å². The van der Waals surface area contributed by atoms with Crippen LogP contribution in [0.25, 0.3) is 0 Å². The van der Waals surface area contributed by atoms with Gasteiger partial charge in [0.1, 0.15) is 10.8 Å². The molecule has 1 unspecified atom stereocenters. The molecule has 0 aliphatic rings. The molecule has 1 aromatic heterocycles. The third kappa shape index (κ3) is 2.83. The Bertz CT molecular complexity index is 560. The van der Waals surface area contributed by atoms with Crippen LogP contribution in [-0.4, -0.2) is 4.98 Å². The average Bonchev–Trinajstić information content (AvgIpc) is 2.31. The van der Waals surface area contributed by atoms with Crippen molar-refractivity contribution in [3.63, 3.8) is 0 Å². The van der Waals surface area contributed by atoms with Gasteiger partial charge in [0.25, 0.3) is 0 Å². The molecule has 2 N–H and O–H groups in total. The van der Waals surface area contributed by atoms with E-state index in [0.717, 1.165) is 4.90 Å². The minimum absolute atomic E-state index is 0.304. The topological polar surface area (TPSA) is 38.9 Å². The van der Waals surface area contributed by atoms with E-state index in [-0.39, 0.29) is 11.9 Å². The fourth-order valence-corrected chi connectivity index (χ4v) is 2.86. The van der Waals surface area contributed by atoms with Gasteiger partial charge in [-0.2, -0.15) is 0 Å². The van der Waals surface area contributed by atoms with Crippen LogP contribution >= 0.6 is 23.4 Å². The summed E-state index contributed by atoms with van der Waals surface area (Å²) >= 11 is 7.36. The van der Waals surface area contributed by atoms with E-state index in [1.54, 1.807) is 31.3 Å². The second kappa shape index (κ2) is 5.69. The van der Waals surface area contributed by atoms with Crippen LogP contribution in [0.2, 0.25) is 5.02 Å². The zero-order chi connectivity index (χ0) is 13.1. The number of pyridine rings is 1. The maximum atomic E-state index is 13.8. The summed E-state index contributed by atoms with van der Waals surface area (Å²) in [6.07, 6.45) is 1.65. The van der Waals surface area contributed by atoms with E-state index in [4.69, 9.17) is 17.3 Å². The van der Waals surface area contributed by atoms with Crippen LogP contribution in [-0.2, 0) is 0 Å². The minimum atomic E-state index is -0.379. The van der Waals surface area contributed by atoms with Gasteiger partial charge in [-0.1, -0.05) is 29.4 Å². The fraction of sp³-hybridized carbons (Fsp3) is 0.154. The number of hydrogen-bond acceptors (Lipinski definition) is 3. The largest absolute Gasteiger partial charge is 0.324 e. The molecule has 2 rings (SSSR count). The quantitative estimate of drug-likeness (QED) is 0.923. The summed E-state index contributed by atoms with van der Waals surface area (Å²) in [6, 6.07) is 8.00. The van der Waals surface area contributed by atoms with Gasteiger partial charge in [-0.25, -0.2) is 9.37 Å². The Morgan fingerprint density at radius 3 is 2.78 bits per heavy atom. The first-order valence-electron chi connectivity index (χ1n) is 5.42. The SMILES string of the molecule is CC(N)c1c(F)cccc1Sc1ncccc1Cl. The van der Waals surface area contributed by atoms with E-state index < -0.39 is 0 Å². The minimum Gasteiger partial charge on any atom is -0.324 e. The lowest BCUT2D eigenvalue weighted by Crippen LogP contribution is -2.09. The van der Waals surface area contributed by atoms with Crippen LogP contribution in [0, 0.1) is 5.82 Å². The smallest absolute Gasteiger partial charge is 0.129 e. The second-order valence-electron chi connectivity index (χ2n) is 3.83. The molecule has 2 nitrogen and oxygen atoms in total. The van der Waals surface area contributed by atoms with E-state index in [0.29, 0.717) is 15.6 Å². The molecule has 18 heavy (non-hydrogen) atoms. The van der Waals surface area contributed by atoms with Crippen molar-refractivity contribution in [1.82, 2.24) is 4.98 Å². The average molecular weight is 283 g/mol. The highest BCUT2D eigenvalue weighted by Gasteiger charge is 2.14. The number of nitrogens with two attached hydrogens (primary N) is 1. The summed E-state index contributed by atoms with van der Waals surface area (Å²) in [5.74, 6) is -0.304. The first-order chi connectivity index (χ1) is 8.59. The second-order valence-corrected chi connectivity index (χ2v) is 5.27. The first-order valence-corrected chi connectivity index (χ1v) is 6.61. The van der Waals surface area contributed by atoms with Crippen molar-refractivity contribution in [3.8, 4) is 0 Å². The van der Waals surface area contributed by atoms with Gasteiger partial charge in [0, 0.05) is 22.7 Å². The predicted octanol–water partition coefficient (Wildman–Crippen LogP) is 4.05. The number of benzene rings is 1. The third-order valence-electron chi connectivity index (χ3n) is 2.40. The van der Waals surface area contributed by atoms with E-state index >= 15 is 0 Å². The van der Waals surface area contributed by atoms with Gasteiger partial charge in [-0.3, -0.25) is 0 Å². The molecule has 94 valence electrons. The molecule has 0 aliphatic carbocycles. The van der Waals surface area contributed by atoms with E-state index in [2.05, 4.69) is 4.98 Å². The summed E-state index contributed by atoms with van der Waals surface area (Å²) in [7, 11) is 0. The number of hydrogen-bond donors (Lipinski definition) is 1. The zero-order valence-corrected chi connectivity index (χ0v) is 11.3. The Labute approximate surface area is 114 Å². The number of nitrogens with zero attached hydrogens (tertiary/aromatic N) is 1. The highest BCUT2D eigenvalue weighted by Crippen LogP contribution is 2.36. The molecular formula is C13H12ClFN2S. The normalized spacial score (nSPS) is 12.4. The predicted molar refractivity (Wildman–Crippen MR) is 72.4 cm³/mol.